The van der Waals surface area contributed by atoms with Crippen LogP contribution in [0.2, 0.25) is 0 Å². The summed E-state index contributed by atoms with van der Waals surface area (Å²) in [5.41, 5.74) is -3.12. The quantitative estimate of drug-likeness (QED) is 0.0365. The normalized spacial score (nSPS) is 54.6. The highest BCUT2D eigenvalue weighted by Crippen LogP contribution is 2.74. The third-order valence-electron chi connectivity index (χ3n) is 20.9. The second-order valence-corrected chi connectivity index (χ2v) is 26.0. The molecular weight excluding hydrogens is 1170 g/mol. The third kappa shape index (κ3) is 12.0. The number of fused-ring (bicyclic) bond motifs is 3. The summed E-state index contributed by atoms with van der Waals surface area (Å²) in [7, 11) is 0. The summed E-state index contributed by atoms with van der Waals surface area (Å²) < 4.78 is 72.7. The van der Waals surface area contributed by atoms with E-state index in [1.165, 1.54) is 0 Å². The molecule has 10 fully saturated rings. The first-order chi connectivity index (χ1) is 41.2. The van der Waals surface area contributed by atoms with Gasteiger partial charge in [0, 0.05) is 0 Å². The predicted molar refractivity (Wildman–Crippen MR) is 278 cm³/mol. The van der Waals surface area contributed by atoms with E-state index in [1.807, 2.05) is 0 Å². The molecule has 0 aromatic carbocycles. The minimum Gasteiger partial charge on any atom is -0.432 e. The van der Waals surface area contributed by atoms with Gasteiger partial charge in [-0.05, 0) is 86.5 Å². The van der Waals surface area contributed by atoms with Crippen molar-refractivity contribution in [2.75, 3.05) is 39.6 Å². The molecule has 0 aromatic rings. The van der Waals surface area contributed by atoms with Gasteiger partial charge in [0.2, 0.25) is 6.29 Å². The first-order valence-electron chi connectivity index (χ1n) is 29.8. The van der Waals surface area contributed by atoms with E-state index >= 15 is 4.79 Å². The van der Waals surface area contributed by atoms with Gasteiger partial charge in [-0.15, -0.1) is 0 Å². The van der Waals surface area contributed by atoms with Gasteiger partial charge >= 0.3 is 5.97 Å². The standard InChI is InChI=1S/C55H88O32/c1-19-11-54-9-5-26-52(2,7-4-8-53(26,3)51(75)86-49-43(84-45-37(71)28(62)20(61)17-76-45)41(32(66)24(15-59)80-49)82-46-38(72)34(68)29(63)21(12-56)77-46)27(54)6-10-55(19,18-54)87-50-44(85-48-40(74)36(70)31(65)23(14-58)79-48)42(33(67)25(16-60)81-50)83-47-39(73)35(69)30(64)22(13-57)78-47/h20-50,56-74H,1,4-18H2,2-3H3/t20?,21?,22?,23?,24?,25?,26?,27-,28?,29?,30?,31?,32?,33?,34?,35?,36?,37?,38?,39?,40?,41?,42?,43?,44?,45?,46?,47?,48?,49?,50?,52+,53+,54+,55-/m0/s1. The van der Waals surface area contributed by atoms with Crippen LogP contribution in [0.25, 0.3) is 0 Å². The Morgan fingerprint density at radius 1 is 0.471 bits per heavy atom. The van der Waals surface area contributed by atoms with Crippen LogP contribution < -0.4 is 0 Å². The Bertz CT molecular complexity index is 2340. The monoisotopic (exact) mass is 1260 g/mol. The van der Waals surface area contributed by atoms with Crippen molar-refractivity contribution in [2.45, 2.75) is 255 Å². The number of hydrogen-bond acceptors (Lipinski definition) is 32. The van der Waals surface area contributed by atoms with Gasteiger partial charge < -0.3 is 154 Å². The maximum Gasteiger partial charge on any atom is 0.314 e. The lowest BCUT2D eigenvalue weighted by atomic mass is 9.41. The first kappa shape index (κ1) is 67.9. The number of esters is 1. The zero-order chi connectivity index (χ0) is 63.1. The molecule has 6 heterocycles. The Labute approximate surface area is 498 Å². The van der Waals surface area contributed by atoms with Crippen LogP contribution in [-0.2, 0) is 61.6 Å². The smallest absolute Gasteiger partial charge is 0.314 e. The van der Waals surface area contributed by atoms with Gasteiger partial charge in [0.15, 0.2) is 37.6 Å². The van der Waals surface area contributed by atoms with Gasteiger partial charge in [-0.3, -0.25) is 4.79 Å². The molecule has 0 aromatic heterocycles. The molecule has 500 valence electrons. The van der Waals surface area contributed by atoms with E-state index in [0.29, 0.717) is 56.9 Å². The maximum absolute atomic E-state index is 15.3. The lowest BCUT2D eigenvalue weighted by molar-refractivity contribution is -0.400. The molecule has 30 unspecified atom stereocenters. The number of carbonyl (C=O) groups excluding carboxylic acids is 1. The SMILES string of the molecule is C=C1C[C@@]23CCC4[C@](C)(C(=O)OC5OC(CO)C(O)C(OC6OC(CO)C(O)C(O)C6O)C5OC5OCC(O)C(O)C5O)CCC[C@@]4(C)[C@@H]2CC[C@]1(OC1OC(CO)C(O)C(OC2OC(CO)C(O)C(O)C2O)C1OC1OC(CO)C(O)C(O)C1O)C3. The molecule has 19 N–H and O–H groups in total. The fraction of sp³-hybridized carbons (Fsp3) is 0.945. The van der Waals surface area contributed by atoms with E-state index in [4.69, 9.17) is 56.8 Å². The molecular formula is C55H88O32. The lowest BCUT2D eigenvalue weighted by Crippen LogP contribution is -2.68. The minimum absolute atomic E-state index is 0.131. The minimum atomic E-state index is -2.02. The molecule has 87 heavy (non-hydrogen) atoms. The summed E-state index contributed by atoms with van der Waals surface area (Å²) in [5.74, 6) is -1.34. The predicted octanol–water partition coefficient (Wildman–Crippen LogP) is -8.83. The van der Waals surface area contributed by atoms with Crippen LogP contribution in [-0.4, -0.2) is 326 Å². The molecule has 0 radical (unpaired) electrons. The van der Waals surface area contributed by atoms with E-state index in [1.54, 1.807) is 6.92 Å². The molecule has 1 spiro atoms. The van der Waals surface area contributed by atoms with Gasteiger partial charge in [-0.2, -0.15) is 0 Å². The van der Waals surface area contributed by atoms with Crippen LogP contribution in [0.3, 0.4) is 0 Å². The van der Waals surface area contributed by atoms with Gasteiger partial charge in [0.1, 0.15) is 134 Å². The summed E-state index contributed by atoms with van der Waals surface area (Å²) in [4.78, 5) is 15.3. The van der Waals surface area contributed by atoms with Gasteiger partial charge in [0.25, 0.3) is 0 Å². The topological polar surface area (TPSA) is 512 Å². The highest BCUT2D eigenvalue weighted by molar-refractivity contribution is 5.77. The second-order valence-electron chi connectivity index (χ2n) is 26.0. The molecule has 32 nitrogen and oxygen atoms in total. The van der Waals surface area contributed by atoms with Gasteiger partial charge in [-0.1, -0.05) is 19.9 Å². The van der Waals surface area contributed by atoms with Crippen LogP contribution >= 0.6 is 0 Å². The fourth-order valence-electron chi connectivity index (χ4n) is 16.1. The highest BCUT2D eigenvalue weighted by atomic mass is 16.8. The zero-order valence-corrected chi connectivity index (χ0v) is 48.0. The molecule has 4 aliphatic carbocycles. The van der Waals surface area contributed by atoms with Crippen molar-refractivity contribution in [3.63, 3.8) is 0 Å². The van der Waals surface area contributed by atoms with Crippen molar-refractivity contribution in [3.8, 4) is 0 Å². The largest absolute Gasteiger partial charge is 0.432 e. The number of rotatable bonds is 17. The van der Waals surface area contributed by atoms with Crippen LogP contribution in [0.15, 0.2) is 12.2 Å². The molecule has 35 atom stereocenters. The van der Waals surface area contributed by atoms with Crippen molar-refractivity contribution in [3.05, 3.63) is 12.2 Å². The van der Waals surface area contributed by atoms with E-state index in [-0.39, 0.29) is 12.3 Å². The van der Waals surface area contributed by atoms with Crippen molar-refractivity contribution in [1.29, 1.82) is 0 Å². The van der Waals surface area contributed by atoms with Crippen molar-refractivity contribution in [2.24, 2.45) is 28.1 Å². The second kappa shape index (κ2) is 26.4. The third-order valence-corrected chi connectivity index (χ3v) is 20.9. The number of hydrogen-bond donors (Lipinski definition) is 19. The first-order valence-corrected chi connectivity index (χ1v) is 29.8. The summed E-state index contributed by atoms with van der Waals surface area (Å²) in [5, 5.41) is 204. The number of aliphatic hydroxyl groups is 19. The Morgan fingerprint density at radius 2 is 0.885 bits per heavy atom. The van der Waals surface area contributed by atoms with Gasteiger partial charge in [0.05, 0.1) is 50.7 Å². The Morgan fingerprint density at radius 3 is 1.38 bits per heavy atom. The van der Waals surface area contributed by atoms with E-state index in [0.717, 1.165) is 0 Å². The molecule has 4 saturated carbocycles. The Kier molecular flexibility index (Phi) is 20.6. The van der Waals surface area contributed by atoms with Crippen molar-refractivity contribution in [1.82, 2.24) is 0 Å². The Balaban J connectivity index is 0.915. The molecule has 10 aliphatic rings. The van der Waals surface area contributed by atoms with Crippen molar-refractivity contribution >= 4 is 5.97 Å². The average molecular weight is 1260 g/mol. The summed E-state index contributed by atoms with van der Waals surface area (Å²) in [6.45, 7) is 3.49. The van der Waals surface area contributed by atoms with Crippen LogP contribution in [0.5, 0.6) is 0 Å². The molecule has 0 amide bonds. The van der Waals surface area contributed by atoms with Crippen LogP contribution in [0, 0.1) is 28.1 Å². The molecule has 6 saturated heterocycles. The molecule has 6 aliphatic heterocycles. The van der Waals surface area contributed by atoms with Crippen molar-refractivity contribution < 1.29 is 159 Å². The molecule has 2 bridgehead atoms. The highest BCUT2D eigenvalue weighted by Gasteiger charge is 2.70. The van der Waals surface area contributed by atoms with E-state index < -0.39 is 252 Å². The average Bonchev–Trinajstić information content (AvgIpc) is 1.71. The summed E-state index contributed by atoms with van der Waals surface area (Å²) in [6.07, 6.45) is -48.7. The summed E-state index contributed by atoms with van der Waals surface area (Å²) in [6, 6.07) is 0. The van der Waals surface area contributed by atoms with Gasteiger partial charge in [-0.25, -0.2) is 0 Å². The van der Waals surface area contributed by atoms with E-state index in [2.05, 4.69) is 13.5 Å². The molecule has 10 rings (SSSR count). The van der Waals surface area contributed by atoms with Crippen LogP contribution in [0.4, 0.5) is 0 Å². The van der Waals surface area contributed by atoms with E-state index in [9.17, 15) is 97.0 Å². The Hall–Kier alpha value is -1.99. The summed E-state index contributed by atoms with van der Waals surface area (Å²) >= 11 is 0. The van der Waals surface area contributed by atoms with Crippen LogP contribution in [0.1, 0.15) is 71.6 Å². The number of aliphatic hydroxyl groups excluding tert-OH is 19. The fourth-order valence-corrected chi connectivity index (χ4v) is 16.1. The lowest BCUT2D eigenvalue weighted by Gasteiger charge is -2.64. The zero-order valence-electron chi connectivity index (χ0n) is 48.0. The molecule has 32 heteroatoms. The number of carbonyl (C=O) groups is 1. The number of ether oxygens (including phenoxy) is 12. The maximum atomic E-state index is 15.3.